The highest BCUT2D eigenvalue weighted by Gasteiger charge is 2.50. The number of rotatable bonds is 4. The largest absolute Gasteiger partial charge is 0.445 e. The Labute approximate surface area is 169 Å². The Morgan fingerprint density at radius 2 is 1.79 bits per heavy atom. The van der Waals surface area contributed by atoms with Crippen LogP contribution in [-0.2, 0) is 30.3 Å². The molecule has 0 bridgehead atoms. The third-order valence-electron chi connectivity index (χ3n) is 5.19. The van der Waals surface area contributed by atoms with E-state index in [1.54, 1.807) is 0 Å². The van der Waals surface area contributed by atoms with Crippen LogP contribution in [0.5, 0.6) is 0 Å². The van der Waals surface area contributed by atoms with Crippen LogP contribution < -0.4 is 0 Å². The lowest BCUT2D eigenvalue weighted by Crippen LogP contribution is -2.65. The predicted octanol–water partition coefficient (Wildman–Crippen LogP) is 2.71. The van der Waals surface area contributed by atoms with E-state index in [1.807, 2.05) is 60.7 Å². The molecule has 4 rings (SSSR count). The van der Waals surface area contributed by atoms with Crippen LogP contribution >= 0.6 is 0 Å². The molecule has 0 spiro atoms. The number of benzene rings is 2. The summed E-state index contributed by atoms with van der Waals surface area (Å²) < 4.78 is 22.8. The van der Waals surface area contributed by atoms with Crippen molar-refractivity contribution in [1.82, 2.24) is 4.90 Å². The van der Waals surface area contributed by atoms with Crippen LogP contribution in [0.1, 0.15) is 17.4 Å². The van der Waals surface area contributed by atoms with E-state index in [4.69, 9.17) is 18.9 Å². The summed E-state index contributed by atoms with van der Waals surface area (Å²) in [6, 6.07) is 18.4. The molecule has 0 aliphatic carbocycles. The number of amides is 1. The second-order valence-electron chi connectivity index (χ2n) is 7.03. The molecule has 2 fully saturated rings. The lowest BCUT2D eigenvalue weighted by Gasteiger charge is -2.47. The number of piperidine rings is 1. The Balaban J connectivity index is 1.49. The lowest BCUT2D eigenvalue weighted by molar-refractivity contribution is -0.267. The van der Waals surface area contributed by atoms with Gasteiger partial charge >= 0.3 is 6.09 Å². The summed E-state index contributed by atoms with van der Waals surface area (Å²) in [6.07, 6.45) is -2.59. The smallest absolute Gasteiger partial charge is 0.410 e. The molecule has 2 heterocycles. The number of carbonyl (C=O) groups excluding carboxylic acids is 2. The van der Waals surface area contributed by atoms with E-state index in [0.29, 0.717) is 0 Å². The number of fused-ring (bicyclic) bond motifs is 1. The summed E-state index contributed by atoms with van der Waals surface area (Å²) in [5.74, 6) is -0.223. The first-order chi connectivity index (χ1) is 14.2. The van der Waals surface area contributed by atoms with Crippen molar-refractivity contribution in [1.29, 1.82) is 0 Å². The molecule has 2 aromatic carbocycles. The summed E-state index contributed by atoms with van der Waals surface area (Å²) >= 11 is 0. The summed E-state index contributed by atoms with van der Waals surface area (Å²) in [5.41, 5.74) is 1.72. The molecule has 2 aromatic rings. The highest BCUT2D eigenvalue weighted by molar-refractivity contribution is 5.90. The molecule has 7 heteroatoms. The predicted molar refractivity (Wildman–Crippen MR) is 103 cm³/mol. The zero-order chi connectivity index (χ0) is 20.2. The Bertz CT molecular complexity index is 843. The third-order valence-corrected chi connectivity index (χ3v) is 5.19. The molecular weight excluding hydrogens is 374 g/mol. The first-order valence-electron chi connectivity index (χ1n) is 9.52. The maximum atomic E-state index is 12.7. The molecule has 7 nitrogen and oxygen atoms in total. The first kappa shape index (κ1) is 19.6. The van der Waals surface area contributed by atoms with Crippen molar-refractivity contribution < 1.29 is 28.5 Å². The van der Waals surface area contributed by atoms with Crippen molar-refractivity contribution in [2.75, 3.05) is 20.3 Å². The molecule has 0 N–H and O–H groups in total. The number of nitrogens with zero attached hydrogens (tertiary/aromatic N) is 1. The quantitative estimate of drug-likeness (QED) is 0.790. The highest BCUT2D eigenvalue weighted by atomic mass is 16.7. The Morgan fingerprint density at radius 1 is 1.10 bits per heavy atom. The minimum absolute atomic E-state index is 0.101. The average Bonchev–Trinajstić information content (AvgIpc) is 2.78. The third kappa shape index (κ3) is 4.17. The zero-order valence-corrected chi connectivity index (χ0v) is 16.1. The summed E-state index contributed by atoms with van der Waals surface area (Å²) in [7, 11) is 1.47. The Hall–Kier alpha value is -2.74. The number of ketones is 1. The number of Topliss-reactive ketones (excluding diaryl/α,β-unsaturated/α-hetero) is 1. The van der Waals surface area contributed by atoms with E-state index < -0.39 is 30.6 Å². The summed E-state index contributed by atoms with van der Waals surface area (Å²) in [5, 5.41) is 0. The van der Waals surface area contributed by atoms with Gasteiger partial charge in [-0.2, -0.15) is 0 Å². The minimum atomic E-state index is -0.756. The highest BCUT2D eigenvalue weighted by Crippen LogP contribution is 2.33. The van der Waals surface area contributed by atoms with Gasteiger partial charge in [0.25, 0.3) is 0 Å². The minimum Gasteiger partial charge on any atom is -0.445 e. The van der Waals surface area contributed by atoms with Gasteiger partial charge in [-0.05, 0) is 5.56 Å². The van der Waals surface area contributed by atoms with Gasteiger partial charge in [0.15, 0.2) is 12.1 Å². The Kier molecular flexibility index (Phi) is 5.89. The van der Waals surface area contributed by atoms with E-state index in [2.05, 4.69) is 0 Å². The van der Waals surface area contributed by atoms with Crippen molar-refractivity contribution in [2.24, 2.45) is 0 Å². The molecule has 1 amide bonds. The van der Waals surface area contributed by atoms with Gasteiger partial charge in [0.05, 0.1) is 19.2 Å². The van der Waals surface area contributed by atoms with Gasteiger partial charge in [-0.3, -0.25) is 9.69 Å². The van der Waals surface area contributed by atoms with Gasteiger partial charge in [-0.25, -0.2) is 4.79 Å². The molecule has 0 unspecified atom stereocenters. The monoisotopic (exact) mass is 397 g/mol. The van der Waals surface area contributed by atoms with Crippen LogP contribution in [0.15, 0.2) is 60.7 Å². The van der Waals surface area contributed by atoms with Crippen molar-refractivity contribution in [3.63, 3.8) is 0 Å². The molecule has 0 radical (unpaired) electrons. The van der Waals surface area contributed by atoms with E-state index >= 15 is 0 Å². The summed E-state index contributed by atoms with van der Waals surface area (Å²) in [6.45, 7) is 0.248. The first-order valence-corrected chi connectivity index (χ1v) is 9.52. The molecule has 2 saturated heterocycles. The fraction of sp³-hybridized carbons (Fsp3) is 0.364. The van der Waals surface area contributed by atoms with Crippen molar-refractivity contribution in [2.45, 2.75) is 31.1 Å². The molecule has 0 aromatic heterocycles. The van der Waals surface area contributed by atoms with Crippen LogP contribution in [0.4, 0.5) is 4.79 Å². The van der Waals surface area contributed by atoms with Crippen molar-refractivity contribution in [3.05, 3.63) is 71.8 Å². The number of carbonyl (C=O) groups is 2. The van der Waals surface area contributed by atoms with Crippen LogP contribution in [0.3, 0.4) is 0 Å². The molecule has 0 saturated carbocycles. The molecule has 2 aliphatic heterocycles. The van der Waals surface area contributed by atoms with E-state index in [-0.39, 0.29) is 25.5 Å². The molecule has 4 atom stereocenters. The maximum Gasteiger partial charge on any atom is 0.410 e. The van der Waals surface area contributed by atoms with Crippen LogP contribution in [0.2, 0.25) is 0 Å². The fourth-order valence-corrected chi connectivity index (χ4v) is 3.70. The van der Waals surface area contributed by atoms with Gasteiger partial charge in [-0.15, -0.1) is 0 Å². The fourth-order valence-electron chi connectivity index (χ4n) is 3.70. The molecular formula is C22H23NO6. The zero-order valence-electron chi connectivity index (χ0n) is 16.1. The normalized spacial score (nSPS) is 26.7. The molecule has 2 aliphatic rings. The van der Waals surface area contributed by atoms with E-state index in [1.165, 1.54) is 12.0 Å². The second kappa shape index (κ2) is 8.73. The van der Waals surface area contributed by atoms with Crippen molar-refractivity contribution >= 4 is 11.9 Å². The van der Waals surface area contributed by atoms with Gasteiger partial charge in [-0.1, -0.05) is 60.7 Å². The van der Waals surface area contributed by atoms with E-state index in [0.717, 1.165) is 11.1 Å². The Morgan fingerprint density at radius 3 is 2.48 bits per heavy atom. The van der Waals surface area contributed by atoms with Crippen LogP contribution in [-0.4, -0.2) is 55.3 Å². The number of methoxy groups -OCH3 is 1. The van der Waals surface area contributed by atoms with Gasteiger partial charge in [0.1, 0.15) is 18.8 Å². The summed E-state index contributed by atoms with van der Waals surface area (Å²) in [4.78, 5) is 26.7. The van der Waals surface area contributed by atoms with Crippen LogP contribution in [0.25, 0.3) is 0 Å². The number of hydrogen-bond acceptors (Lipinski definition) is 6. The standard InChI is InChI=1S/C22H23NO6/c1-26-20-18(24)12-23(22(25)28-13-15-8-4-2-5-9-15)17-14-27-21(29-19(17)20)16-10-6-3-7-11-16/h2-11,17,19-21H,12-14H2,1H3/t17-,19-,20-,21-/m1/s1. The van der Waals surface area contributed by atoms with E-state index in [9.17, 15) is 9.59 Å². The second-order valence-corrected chi connectivity index (χ2v) is 7.03. The van der Waals surface area contributed by atoms with Gasteiger partial charge in [0.2, 0.25) is 0 Å². The number of likely N-dealkylation sites (tertiary alicyclic amines) is 1. The average molecular weight is 397 g/mol. The maximum absolute atomic E-state index is 12.7. The SMILES string of the molecule is CO[C@@H]1C(=O)CN(C(=O)OCc2ccccc2)[C@@H]2CO[C@@H](c3ccccc3)O[C@@H]12. The molecule has 29 heavy (non-hydrogen) atoms. The number of ether oxygens (including phenoxy) is 4. The lowest BCUT2D eigenvalue weighted by atomic mass is 9.94. The van der Waals surface area contributed by atoms with Crippen LogP contribution in [0, 0.1) is 0 Å². The molecule has 152 valence electrons. The van der Waals surface area contributed by atoms with Gasteiger partial charge < -0.3 is 18.9 Å². The van der Waals surface area contributed by atoms with Gasteiger partial charge in [0, 0.05) is 12.7 Å². The number of hydrogen-bond donors (Lipinski definition) is 0. The van der Waals surface area contributed by atoms with Crippen molar-refractivity contribution in [3.8, 4) is 0 Å². The topological polar surface area (TPSA) is 74.3 Å².